The van der Waals surface area contributed by atoms with E-state index in [9.17, 15) is 14.7 Å². The third kappa shape index (κ3) is 5.34. The quantitative estimate of drug-likeness (QED) is 0.478. The van der Waals surface area contributed by atoms with Crippen LogP contribution < -0.4 is 14.4 Å². The summed E-state index contributed by atoms with van der Waals surface area (Å²) in [6.07, 6.45) is 6.32. The predicted octanol–water partition coefficient (Wildman–Crippen LogP) is 5.41. The van der Waals surface area contributed by atoms with Gasteiger partial charge in [-0.1, -0.05) is 48.8 Å². The summed E-state index contributed by atoms with van der Waals surface area (Å²) >= 11 is 1.04. The van der Waals surface area contributed by atoms with Gasteiger partial charge < -0.3 is 14.6 Å². The molecule has 1 N–H and O–H groups in total. The molecule has 172 valence electrons. The summed E-state index contributed by atoms with van der Waals surface area (Å²) in [6, 6.07) is 14.7. The zero-order chi connectivity index (χ0) is 23.2. The number of amides is 1. The summed E-state index contributed by atoms with van der Waals surface area (Å²) in [5.41, 5.74) is 1.44. The Morgan fingerprint density at radius 1 is 1.09 bits per heavy atom. The fraction of sp³-hybridized carbons (Fsp3) is 0.320. The lowest BCUT2D eigenvalue weighted by Crippen LogP contribution is -2.41. The van der Waals surface area contributed by atoms with Crippen LogP contribution in [0, 0.1) is 0 Å². The molecule has 8 heteroatoms. The molecule has 0 atom stereocenters. The standard InChI is InChI=1S/C25H26N2O5S/c1-31-21-10-6-5-7-18(21)16-32-20-13-11-17(12-14-20)23(28)27(19-8-3-2-4-9-19)25-26-15-22(33-25)24(29)30/h5-7,10-15,19H,2-4,8-9,16H2,1H3,(H,29,30). The van der Waals surface area contributed by atoms with Gasteiger partial charge in [-0.25, -0.2) is 9.78 Å². The largest absolute Gasteiger partial charge is 0.496 e. The average Bonchev–Trinajstić information content (AvgIpc) is 3.34. The zero-order valence-electron chi connectivity index (χ0n) is 18.4. The van der Waals surface area contributed by atoms with Gasteiger partial charge in [0.05, 0.1) is 13.3 Å². The van der Waals surface area contributed by atoms with Crippen LogP contribution in [0.4, 0.5) is 5.13 Å². The summed E-state index contributed by atoms with van der Waals surface area (Å²) in [7, 11) is 1.62. The SMILES string of the molecule is COc1ccccc1COc1ccc(C(=O)N(c2ncc(C(=O)O)s2)C2CCCCC2)cc1. The highest BCUT2D eigenvalue weighted by Crippen LogP contribution is 2.32. The smallest absolute Gasteiger partial charge is 0.347 e. The molecule has 0 saturated heterocycles. The van der Waals surface area contributed by atoms with Gasteiger partial charge in [0.1, 0.15) is 23.0 Å². The van der Waals surface area contributed by atoms with Crippen LogP contribution in [0.5, 0.6) is 11.5 Å². The van der Waals surface area contributed by atoms with E-state index in [0.717, 1.165) is 54.8 Å². The van der Waals surface area contributed by atoms with E-state index in [0.29, 0.717) is 23.1 Å². The van der Waals surface area contributed by atoms with Crippen molar-refractivity contribution in [3.05, 3.63) is 70.7 Å². The third-order valence-corrected chi connectivity index (χ3v) is 6.74. The monoisotopic (exact) mass is 466 g/mol. The Balaban J connectivity index is 1.51. The zero-order valence-corrected chi connectivity index (χ0v) is 19.2. The molecule has 1 fully saturated rings. The topological polar surface area (TPSA) is 89.0 Å². The maximum atomic E-state index is 13.5. The van der Waals surface area contributed by atoms with E-state index in [-0.39, 0.29) is 16.8 Å². The molecule has 4 rings (SSSR count). The Kier molecular flexibility index (Phi) is 7.24. The van der Waals surface area contributed by atoms with Crippen molar-refractivity contribution in [2.75, 3.05) is 12.0 Å². The molecule has 2 aromatic carbocycles. The van der Waals surface area contributed by atoms with Crippen LogP contribution in [0.15, 0.2) is 54.7 Å². The number of carbonyl (C=O) groups is 2. The van der Waals surface area contributed by atoms with E-state index in [1.165, 1.54) is 6.20 Å². The number of methoxy groups -OCH3 is 1. The normalized spacial score (nSPS) is 14.0. The predicted molar refractivity (Wildman–Crippen MR) is 127 cm³/mol. The van der Waals surface area contributed by atoms with Crippen LogP contribution >= 0.6 is 11.3 Å². The highest BCUT2D eigenvalue weighted by Gasteiger charge is 2.30. The number of thiazole rings is 1. The fourth-order valence-electron chi connectivity index (χ4n) is 4.04. The molecule has 1 aromatic heterocycles. The van der Waals surface area contributed by atoms with Crippen LogP contribution in [-0.2, 0) is 6.61 Å². The maximum absolute atomic E-state index is 13.5. The van der Waals surface area contributed by atoms with Gasteiger partial charge in [0.2, 0.25) is 0 Å². The van der Waals surface area contributed by atoms with E-state index >= 15 is 0 Å². The average molecular weight is 467 g/mol. The number of rotatable bonds is 8. The van der Waals surface area contributed by atoms with Crippen LogP contribution in [0.25, 0.3) is 0 Å². The summed E-state index contributed by atoms with van der Waals surface area (Å²) in [6.45, 7) is 0.350. The van der Waals surface area contributed by atoms with Crippen molar-refractivity contribution in [1.82, 2.24) is 4.98 Å². The van der Waals surface area contributed by atoms with Crippen LogP contribution in [-0.4, -0.2) is 35.1 Å². The maximum Gasteiger partial charge on any atom is 0.347 e. The molecule has 0 unspecified atom stereocenters. The number of carboxylic acid groups (broad SMARTS) is 1. The molecule has 1 amide bonds. The second-order valence-corrected chi connectivity index (χ2v) is 8.91. The highest BCUT2D eigenvalue weighted by molar-refractivity contribution is 7.17. The lowest BCUT2D eigenvalue weighted by atomic mass is 9.94. The molecule has 1 aliphatic carbocycles. The molecule has 0 aliphatic heterocycles. The first kappa shape index (κ1) is 22.8. The second kappa shape index (κ2) is 10.5. The third-order valence-electron chi connectivity index (χ3n) is 5.76. The highest BCUT2D eigenvalue weighted by atomic mass is 32.1. The van der Waals surface area contributed by atoms with Crippen molar-refractivity contribution in [2.24, 2.45) is 0 Å². The molecular formula is C25H26N2O5S. The summed E-state index contributed by atoms with van der Waals surface area (Å²) in [5, 5.41) is 9.72. The van der Waals surface area contributed by atoms with E-state index in [2.05, 4.69) is 4.98 Å². The van der Waals surface area contributed by atoms with Gasteiger partial charge in [0, 0.05) is 17.2 Å². The number of carbonyl (C=O) groups excluding carboxylic acids is 1. The number of benzene rings is 2. The van der Waals surface area contributed by atoms with Gasteiger partial charge in [0.15, 0.2) is 5.13 Å². The van der Waals surface area contributed by atoms with Gasteiger partial charge in [-0.3, -0.25) is 9.69 Å². The number of para-hydroxylation sites is 1. The number of nitrogens with zero attached hydrogens (tertiary/aromatic N) is 2. The second-order valence-electron chi connectivity index (χ2n) is 7.90. The molecule has 1 aliphatic rings. The molecule has 0 bridgehead atoms. The summed E-state index contributed by atoms with van der Waals surface area (Å²) in [4.78, 5) is 30.9. The number of anilines is 1. The number of carboxylic acids is 1. The van der Waals surface area contributed by atoms with Gasteiger partial charge >= 0.3 is 5.97 Å². The van der Waals surface area contributed by atoms with Crippen molar-refractivity contribution in [3.63, 3.8) is 0 Å². The lowest BCUT2D eigenvalue weighted by Gasteiger charge is -2.32. The van der Waals surface area contributed by atoms with Crippen LogP contribution in [0.2, 0.25) is 0 Å². The minimum Gasteiger partial charge on any atom is -0.496 e. The van der Waals surface area contributed by atoms with Crippen molar-refractivity contribution >= 4 is 28.3 Å². The summed E-state index contributed by atoms with van der Waals surface area (Å²) < 4.78 is 11.2. The van der Waals surface area contributed by atoms with Crippen molar-refractivity contribution in [1.29, 1.82) is 0 Å². The first-order valence-corrected chi connectivity index (χ1v) is 11.8. The Morgan fingerprint density at radius 2 is 1.82 bits per heavy atom. The number of aromatic carboxylic acids is 1. The van der Waals surface area contributed by atoms with Crippen LogP contribution in [0.1, 0.15) is 57.7 Å². The number of aromatic nitrogens is 1. The Bertz CT molecular complexity index is 1110. The fourth-order valence-corrected chi connectivity index (χ4v) is 4.86. The van der Waals surface area contributed by atoms with Crippen molar-refractivity contribution in [2.45, 2.75) is 44.8 Å². The van der Waals surface area contributed by atoms with Crippen molar-refractivity contribution < 1.29 is 24.2 Å². The molecule has 3 aromatic rings. The van der Waals surface area contributed by atoms with Crippen LogP contribution in [0.3, 0.4) is 0 Å². The number of ether oxygens (including phenoxy) is 2. The van der Waals surface area contributed by atoms with Crippen molar-refractivity contribution in [3.8, 4) is 11.5 Å². The molecular weight excluding hydrogens is 440 g/mol. The molecule has 1 saturated carbocycles. The number of hydrogen-bond donors (Lipinski definition) is 1. The molecule has 0 spiro atoms. The lowest BCUT2D eigenvalue weighted by molar-refractivity contribution is 0.0701. The van der Waals surface area contributed by atoms with Gasteiger partial charge in [-0.15, -0.1) is 0 Å². The van der Waals surface area contributed by atoms with E-state index in [4.69, 9.17) is 9.47 Å². The number of hydrogen-bond acceptors (Lipinski definition) is 6. The Labute approximate surface area is 196 Å². The van der Waals surface area contributed by atoms with E-state index in [1.54, 1.807) is 36.3 Å². The Hall–Kier alpha value is -3.39. The first-order chi connectivity index (χ1) is 16.1. The molecule has 7 nitrogen and oxygen atoms in total. The first-order valence-electron chi connectivity index (χ1n) is 10.9. The molecule has 0 radical (unpaired) electrons. The summed E-state index contributed by atoms with van der Waals surface area (Å²) in [5.74, 6) is 0.191. The molecule has 33 heavy (non-hydrogen) atoms. The van der Waals surface area contributed by atoms with Gasteiger partial charge in [-0.2, -0.15) is 0 Å². The van der Waals surface area contributed by atoms with E-state index in [1.807, 2.05) is 24.3 Å². The van der Waals surface area contributed by atoms with Gasteiger partial charge in [-0.05, 0) is 43.2 Å². The Morgan fingerprint density at radius 3 is 2.48 bits per heavy atom. The minimum atomic E-state index is -1.04. The minimum absolute atomic E-state index is 0.0144. The van der Waals surface area contributed by atoms with Gasteiger partial charge in [0.25, 0.3) is 5.91 Å². The molecule has 1 heterocycles. The van der Waals surface area contributed by atoms with E-state index < -0.39 is 5.97 Å².